The highest BCUT2D eigenvalue weighted by molar-refractivity contribution is 8.00. The van der Waals surface area contributed by atoms with Gasteiger partial charge in [-0.25, -0.2) is 4.98 Å². The van der Waals surface area contributed by atoms with Gasteiger partial charge in [-0.2, -0.15) is 0 Å². The molecule has 7 heteroatoms. The Balaban J connectivity index is 2.03. The minimum absolute atomic E-state index is 0.353. The van der Waals surface area contributed by atoms with Crippen LogP contribution in [0.4, 0.5) is 0 Å². The molecular weight excluding hydrogens is 375 g/mol. The Morgan fingerprint density at radius 3 is 2.43 bits per heavy atom. The van der Waals surface area contributed by atoms with Crippen LogP contribution in [0.15, 0.2) is 65.8 Å². The molecule has 2 rings (SSSR count). The van der Waals surface area contributed by atoms with Gasteiger partial charge in [0.25, 0.3) is 0 Å². The van der Waals surface area contributed by atoms with Crippen LogP contribution in [-0.2, 0) is 4.79 Å². The van der Waals surface area contributed by atoms with E-state index in [0.29, 0.717) is 5.03 Å². The zero-order valence-corrected chi connectivity index (χ0v) is 14.9. The van der Waals surface area contributed by atoms with E-state index < -0.39 is 9.17 Å². The molecule has 1 N–H and O–H groups in total. The first-order chi connectivity index (χ1) is 10.9. The molecule has 0 aliphatic carbocycles. The van der Waals surface area contributed by atoms with Crippen molar-refractivity contribution in [1.29, 1.82) is 0 Å². The van der Waals surface area contributed by atoms with Crippen molar-refractivity contribution in [2.75, 3.05) is 0 Å². The fourth-order valence-corrected chi connectivity index (χ4v) is 3.02. The minimum atomic E-state index is -1.67. The molecule has 1 atom stereocenters. The van der Waals surface area contributed by atoms with Crippen LogP contribution in [0.1, 0.15) is 5.56 Å². The molecule has 0 radical (unpaired) electrons. The number of halogens is 3. The molecule has 23 heavy (non-hydrogen) atoms. The number of rotatable bonds is 5. The summed E-state index contributed by atoms with van der Waals surface area (Å²) in [4.78, 5) is 16.2. The smallest absolute Gasteiger partial charge is 0.245 e. The molecule has 0 spiro atoms. The molecular formula is C16H13Cl3N2OS. The number of thioether (sulfide) groups is 1. The van der Waals surface area contributed by atoms with Gasteiger partial charge < -0.3 is 5.32 Å². The van der Waals surface area contributed by atoms with Gasteiger partial charge in [0.2, 0.25) is 9.70 Å². The van der Waals surface area contributed by atoms with Crippen molar-refractivity contribution in [3.05, 3.63) is 66.4 Å². The maximum Gasteiger partial charge on any atom is 0.245 e. The van der Waals surface area contributed by atoms with Crippen molar-refractivity contribution in [3.8, 4) is 0 Å². The van der Waals surface area contributed by atoms with Gasteiger partial charge >= 0.3 is 0 Å². The van der Waals surface area contributed by atoms with Crippen LogP contribution < -0.4 is 5.32 Å². The van der Waals surface area contributed by atoms with E-state index in [4.69, 9.17) is 34.8 Å². The molecule has 1 unspecified atom stereocenters. The van der Waals surface area contributed by atoms with Crippen molar-refractivity contribution < 1.29 is 4.79 Å². The summed E-state index contributed by atoms with van der Waals surface area (Å²) in [5.74, 6) is -0.353. The molecule has 0 fully saturated rings. The highest BCUT2D eigenvalue weighted by Crippen LogP contribution is 2.38. The molecule has 3 nitrogen and oxygen atoms in total. The van der Waals surface area contributed by atoms with Gasteiger partial charge in [0.1, 0.15) is 5.37 Å². The molecule has 1 heterocycles. The molecule has 0 saturated heterocycles. The van der Waals surface area contributed by atoms with Crippen LogP contribution in [0, 0.1) is 0 Å². The number of hydrogen-bond donors (Lipinski definition) is 1. The summed E-state index contributed by atoms with van der Waals surface area (Å²) in [6.07, 6.45) is 4.73. The number of nitrogens with zero attached hydrogens (tertiary/aromatic N) is 1. The summed E-state index contributed by atoms with van der Waals surface area (Å²) in [7, 11) is 0. The number of pyridine rings is 1. The Kier molecular flexibility index (Phi) is 6.78. The number of nitrogens with one attached hydrogen (secondary N) is 1. The number of carbonyl (C=O) groups excluding carboxylic acids is 1. The lowest BCUT2D eigenvalue weighted by Gasteiger charge is -2.23. The first-order valence-electron chi connectivity index (χ1n) is 6.63. The largest absolute Gasteiger partial charge is 0.336 e. The van der Waals surface area contributed by atoms with Crippen molar-refractivity contribution in [2.24, 2.45) is 0 Å². The third kappa shape index (κ3) is 6.43. The van der Waals surface area contributed by atoms with Gasteiger partial charge in [0.15, 0.2) is 0 Å². The lowest BCUT2D eigenvalue weighted by Crippen LogP contribution is -2.40. The molecule has 2 aromatic rings. The van der Waals surface area contributed by atoms with Crippen molar-refractivity contribution in [3.63, 3.8) is 0 Å². The Morgan fingerprint density at radius 2 is 1.83 bits per heavy atom. The number of hydrogen-bond acceptors (Lipinski definition) is 3. The van der Waals surface area contributed by atoms with E-state index in [1.54, 1.807) is 24.4 Å². The van der Waals surface area contributed by atoms with Gasteiger partial charge in [-0.1, -0.05) is 83.0 Å². The van der Waals surface area contributed by atoms with E-state index in [2.05, 4.69) is 10.3 Å². The third-order valence-corrected chi connectivity index (χ3v) is 4.91. The molecule has 1 aromatic carbocycles. The fourth-order valence-electron chi connectivity index (χ4n) is 1.63. The Morgan fingerprint density at radius 1 is 1.13 bits per heavy atom. The van der Waals surface area contributed by atoms with E-state index in [9.17, 15) is 4.79 Å². The number of carbonyl (C=O) groups is 1. The second kappa shape index (κ2) is 8.60. The van der Waals surface area contributed by atoms with E-state index >= 15 is 0 Å². The summed E-state index contributed by atoms with van der Waals surface area (Å²) in [6, 6.07) is 14.8. The summed E-state index contributed by atoms with van der Waals surface area (Å²) >= 11 is 19.0. The first-order valence-corrected chi connectivity index (χ1v) is 8.64. The molecule has 0 bridgehead atoms. The van der Waals surface area contributed by atoms with Crippen LogP contribution in [0.5, 0.6) is 0 Å². The third-order valence-electron chi connectivity index (χ3n) is 2.67. The van der Waals surface area contributed by atoms with Crippen molar-refractivity contribution in [1.82, 2.24) is 10.3 Å². The zero-order valence-electron chi connectivity index (χ0n) is 11.8. The topological polar surface area (TPSA) is 42.0 Å². The van der Waals surface area contributed by atoms with Gasteiger partial charge in [-0.15, -0.1) is 0 Å². The fraction of sp³-hybridized carbons (Fsp3) is 0.125. The predicted octanol–water partition coefficient (Wildman–Crippen LogP) is 4.70. The number of amides is 1. The Hall–Kier alpha value is -1.20. The molecule has 0 aliphatic rings. The highest BCUT2D eigenvalue weighted by atomic mass is 35.6. The molecule has 120 valence electrons. The Labute approximate surface area is 154 Å². The average Bonchev–Trinajstić information content (AvgIpc) is 2.53. The van der Waals surface area contributed by atoms with Gasteiger partial charge in [-0.3, -0.25) is 4.79 Å². The van der Waals surface area contributed by atoms with Gasteiger partial charge in [0.05, 0.1) is 5.03 Å². The lowest BCUT2D eigenvalue weighted by atomic mass is 10.2. The summed E-state index contributed by atoms with van der Waals surface area (Å²) in [5.41, 5.74) is 0.908. The van der Waals surface area contributed by atoms with E-state index in [1.807, 2.05) is 36.4 Å². The van der Waals surface area contributed by atoms with Crippen LogP contribution in [0.2, 0.25) is 0 Å². The van der Waals surface area contributed by atoms with Crippen LogP contribution >= 0.6 is 46.6 Å². The predicted molar refractivity (Wildman–Crippen MR) is 97.8 cm³/mol. The maximum atomic E-state index is 12.1. The second-order valence-electron chi connectivity index (χ2n) is 4.46. The number of alkyl halides is 3. The Bertz CT molecular complexity index is 660. The van der Waals surface area contributed by atoms with Crippen molar-refractivity contribution in [2.45, 2.75) is 14.2 Å². The normalized spacial score (nSPS) is 13.0. The summed E-state index contributed by atoms with van der Waals surface area (Å²) < 4.78 is -1.67. The molecule has 1 aromatic heterocycles. The first kappa shape index (κ1) is 18.1. The molecule has 0 aliphatic heterocycles. The van der Waals surface area contributed by atoms with Crippen LogP contribution in [0.25, 0.3) is 6.08 Å². The quantitative estimate of drug-likeness (QED) is 0.350. The SMILES string of the molecule is O=C(C=Cc1ccccc1)NC(Sc1ccccn1)C(Cl)(Cl)Cl. The summed E-state index contributed by atoms with van der Waals surface area (Å²) in [5, 5.41) is 2.56. The molecule has 0 saturated carbocycles. The molecule has 1 amide bonds. The highest BCUT2D eigenvalue weighted by Gasteiger charge is 2.34. The zero-order chi connectivity index (χ0) is 16.7. The monoisotopic (exact) mass is 386 g/mol. The summed E-state index contributed by atoms with van der Waals surface area (Å²) in [6.45, 7) is 0. The van der Waals surface area contributed by atoms with Crippen LogP contribution in [0.3, 0.4) is 0 Å². The van der Waals surface area contributed by atoms with E-state index in [1.165, 1.54) is 17.8 Å². The number of aromatic nitrogens is 1. The van der Waals surface area contributed by atoms with E-state index in [-0.39, 0.29) is 5.91 Å². The maximum absolute atomic E-state index is 12.1. The van der Waals surface area contributed by atoms with Gasteiger partial charge in [-0.05, 0) is 23.8 Å². The van der Waals surface area contributed by atoms with Gasteiger partial charge in [0, 0.05) is 12.3 Å². The standard InChI is InChI=1S/C16H13Cl3N2OS/c17-16(18,19)15(23-14-8-4-5-11-20-14)21-13(22)10-9-12-6-2-1-3-7-12/h1-11,15H,(H,21,22). The van der Waals surface area contributed by atoms with Crippen LogP contribution in [-0.4, -0.2) is 20.1 Å². The second-order valence-corrected chi connectivity index (χ2v) is 7.95. The van der Waals surface area contributed by atoms with Crippen molar-refractivity contribution >= 4 is 58.5 Å². The minimum Gasteiger partial charge on any atom is -0.336 e. The number of benzene rings is 1. The average molecular weight is 388 g/mol. The van der Waals surface area contributed by atoms with E-state index in [0.717, 1.165) is 5.56 Å². The lowest BCUT2D eigenvalue weighted by molar-refractivity contribution is -0.116.